The van der Waals surface area contributed by atoms with Crippen molar-refractivity contribution in [2.24, 2.45) is 0 Å². The Morgan fingerprint density at radius 2 is 1.89 bits per heavy atom. The van der Waals surface area contributed by atoms with Gasteiger partial charge in [-0.25, -0.2) is 8.42 Å². The number of hydrogen-bond donors (Lipinski definition) is 1. The molecule has 0 saturated heterocycles. The number of nitrogens with one attached hydrogen (secondary N) is 1. The molecule has 0 atom stereocenters. The number of benzene rings is 2. The molecule has 3 rings (SSSR count). The highest BCUT2D eigenvalue weighted by Crippen LogP contribution is 2.29. The van der Waals surface area contributed by atoms with Crippen LogP contribution in [0.2, 0.25) is 0 Å². The van der Waals surface area contributed by atoms with E-state index in [0.717, 1.165) is 24.1 Å². The molecular formula is C20H24N2O4S. The van der Waals surface area contributed by atoms with Gasteiger partial charge in [0.05, 0.1) is 23.7 Å². The molecule has 2 aromatic rings. The lowest BCUT2D eigenvalue weighted by molar-refractivity contribution is -0.115. The van der Waals surface area contributed by atoms with Crippen LogP contribution in [0.3, 0.4) is 0 Å². The summed E-state index contributed by atoms with van der Waals surface area (Å²) in [6.45, 7) is 2.80. The highest BCUT2D eigenvalue weighted by molar-refractivity contribution is 7.92. The van der Waals surface area contributed by atoms with Crippen LogP contribution >= 0.6 is 0 Å². The first kappa shape index (κ1) is 19.2. The van der Waals surface area contributed by atoms with Crippen LogP contribution in [0.1, 0.15) is 25.3 Å². The van der Waals surface area contributed by atoms with Crippen LogP contribution in [0.25, 0.3) is 0 Å². The van der Waals surface area contributed by atoms with Gasteiger partial charge in [-0.15, -0.1) is 0 Å². The number of anilines is 2. The zero-order chi connectivity index (χ0) is 19.3. The number of amides is 1. The van der Waals surface area contributed by atoms with Crippen molar-refractivity contribution in [3.8, 4) is 5.75 Å². The predicted octanol–water partition coefficient (Wildman–Crippen LogP) is 3.20. The fourth-order valence-electron chi connectivity index (χ4n) is 3.18. The van der Waals surface area contributed by atoms with Gasteiger partial charge in [0.2, 0.25) is 15.9 Å². The SMILES string of the molecule is CCOc1ccccc1NC(=O)CCS(=O)(=O)N1CCCc2ccccc21. The molecule has 27 heavy (non-hydrogen) atoms. The maximum Gasteiger partial charge on any atom is 0.235 e. The fraction of sp³-hybridized carbons (Fsp3) is 0.350. The predicted molar refractivity (Wildman–Crippen MR) is 107 cm³/mol. The third kappa shape index (κ3) is 4.60. The van der Waals surface area contributed by atoms with Gasteiger partial charge in [-0.05, 0) is 43.5 Å². The molecule has 1 aliphatic heterocycles. The number of ether oxygens (including phenoxy) is 1. The molecule has 1 aliphatic rings. The first-order chi connectivity index (χ1) is 13.0. The van der Waals surface area contributed by atoms with Crippen molar-refractivity contribution in [1.82, 2.24) is 0 Å². The Balaban J connectivity index is 1.65. The summed E-state index contributed by atoms with van der Waals surface area (Å²) in [6.07, 6.45) is 1.54. The first-order valence-corrected chi connectivity index (χ1v) is 10.7. The van der Waals surface area contributed by atoms with Crippen molar-refractivity contribution in [1.29, 1.82) is 0 Å². The molecule has 1 amide bonds. The molecule has 0 aromatic heterocycles. The van der Waals surface area contributed by atoms with E-state index in [2.05, 4.69) is 5.32 Å². The molecule has 0 unspecified atom stereocenters. The number of aryl methyl sites for hydroxylation is 1. The van der Waals surface area contributed by atoms with Crippen LogP contribution in [0.5, 0.6) is 5.75 Å². The summed E-state index contributed by atoms with van der Waals surface area (Å²) >= 11 is 0. The largest absolute Gasteiger partial charge is 0.492 e. The number of sulfonamides is 1. The highest BCUT2D eigenvalue weighted by atomic mass is 32.2. The second-order valence-corrected chi connectivity index (χ2v) is 8.36. The Labute approximate surface area is 160 Å². The number of carbonyl (C=O) groups excluding carboxylic acids is 1. The van der Waals surface area contributed by atoms with Gasteiger partial charge in [-0.3, -0.25) is 9.10 Å². The summed E-state index contributed by atoms with van der Waals surface area (Å²) in [5.41, 5.74) is 2.30. The Hall–Kier alpha value is -2.54. The van der Waals surface area contributed by atoms with Crippen molar-refractivity contribution < 1.29 is 17.9 Å². The third-order valence-electron chi connectivity index (χ3n) is 4.45. The molecule has 6 nitrogen and oxygen atoms in total. The molecule has 1 heterocycles. The van der Waals surface area contributed by atoms with E-state index in [1.54, 1.807) is 18.2 Å². The standard InChI is InChI=1S/C20H24N2O4S/c1-2-26-19-12-6-4-10-17(19)21-20(23)13-15-27(24,25)22-14-7-9-16-8-3-5-11-18(16)22/h3-6,8,10-12H,2,7,9,13-15H2,1H3,(H,21,23). The number of rotatable bonds is 7. The maximum atomic E-state index is 12.8. The van der Waals surface area contributed by atoms with Gasteiger partial charge >= 0.3 is 0 Å². The molecule has 0 aliphatic carbocycles. The van der Waals surface area contributed by atoms with E-state index >= 15 is 0 Å². The quantitative estimate of drug-likeness (QED) is 0.790. The zero-order valence-electron chi connectivity index (χ0n) is 15.3. The number of nitrogens with zero attached hydrogens (tertiary/aromatic N) is 1. The van der Waals surface area contributed by atoms with Gasteiger partial charge in [0.15, 0.2) is 0 Å². The summed E-state index contributed by atoms with van der Waals surface area (Å²) in [5.74, 6) is -0.0126. The first-order valence-electron chi connectivity index (χ1n) is 9.11. The average Bonchev–Trinajstić information content (AvgIpc) is 2.68. The van der Waals surface area contributed by atoms with Crippen LogP contribution < -0.4 is 14.4 Å². The average molecular weight is 388 g/mol. The highest BCUT2D eigenvalue weighted by Gasteiger charge is 2.27. The lowest BCUT2D eigenvalue weighted by Crippen LogP contribution is -2.37. The monoisotopic (exact) mass is 388 g/mol. The lowest BCUT2D eigenvalue weighted by atomic mass is 10.0. The summed E-state index contributed by atoms with van der Waals surface area (Å²) in [6, 6.07) is 14.6. The molecule has 0 radical (unpaired) electrons. The topological polar surface area (TPSA) is 75.7 Å². The van der Waals surface area contributed by atoms with Crippen LogP contribution in [0.4, 0.5) is 11.4 Å². The summed E-state index contributed by atoms with van der Waals surface area (Å²) in [7, 11) is -3.56. The minimum atomic E-state index is -3.56. The maximum absolute atomic E-state index is 12.8. The second-order valence-electron chi connectivity index (χ2n) is 6.35. The smallest absolute Gasteiger partial charge is 0.235 e. The zero-order valence-corrected chi connectivity index (χ0v) is 16.2. The minimum Gasteiger partial charge on any atom is -0.492 e. The van der Waals surface area contributed by atoms with Crippen LogP contribution in [-0.4, -0.2) is 33.2 Å². The minimum absolute atomic E-state index is 0.110. The van der Waals surface area contributed by atoms with E-state index in [0.29, 0.717) is 24.6 Å². The number of carbonyl (C=O) groups is 1. The van der Waals surface area contributed by atoms with Crippen molar-refractivity contribution in [3.63, 3.8) is 0 Å². The molecule has 0 spiro atoms. The molecule has 0 saturated carbocycles. The van der Waals surface area contributed by atoms with Crippen LogP contribution in [0.15, 0.2) is 48.5 Å². The van der Waals surface area contributed by atoms with Crippen LogP contribution in [0, 0.1) is 0 Å². The summed E-state index contributed by atoms with van der Waals surface area (Å²) < 4.78 is 32.5. The van der Waals surface area contributed by atoms with E-state index in [-0.39, 0.29) is 18.1 Å². The lowest BCUT2D eigenvalue weighted by Gasteiger charge is -2.30. The molecule has 0 bridgehead atoms. The summed E-state index contributed by atoms with van der Waals surface area (Å²) in [4.78, 5) is 12.3. The Bertz CT molecular complexity index is 912. The second kappa shape index (κ2) is 8.43. The molecule has 2 aromatic carbocycles. The van der Waals surface area contributed by atoms with Crippen molar-refractivity contribution in [2.45, 2.75) is 26.2 Å². The van der Waals surface area contributed by atoms with E-state index in [1.807, 2.05) is 37.3 Å². The van der Waals surface area contributed by atoms with Gasteiger partial charge in [0.25, 0.3) is 0 Å². The Kier molecular flexibility index (Phi) is 6.01. The van der Waals surface area contributed by atoms with E-state index < -0.39 is 10.0 Å². The van der Waals surface area contributed by atoms with E-state index in [9.17, 15) is 13.2 Å². The number of fused-ring (bicyclic) bond motifs is 1. The number of para-hydroxylation sites is 3. The van der Waals surface area contributed by atoms with Crippen molar-refractivity contribution in [3.05, 3.63) is 54.1 Å². The molecular weight excluding hydrogens is 364 g/mol. The molecule has 0 fully saturated rings. The summed E-state index contributed by atoms with van der Waals surface area (Å²) in [5, 5.41) is 2.74. The van der Waals surface area contributed by atoms with E-state index in [1.165, 1.54) is 4.31 Å². The third-order valence-corrected chi connectivity index (χ3v) is 6.22. The van der Waals surface area contributed by atoms with Crippen molar-refractivity contribution in [2.75, 3.05) is 28.5 Å². The van der Waals surface area contributed by atoms with Gasteiger partial charge in [0, 0.05) is 13.0 Å². The van der Waals surface area contributed by atoms with Crippen LogP contribution in [-0.2, 0) is 21.2 Å². The molecule has 1 N–H and O–H groups in total. The van der Waals surface area contributed by atoms with Crippen molar-refractivity contribution >= 4 is 27.3 Å². The normalized spacial score (nSPS) is 13.7. The van der Waals surface area contributed by atoms with Gasteiger partial charge < -0.3 is 10.1 Å². The number of hydrogen-bond acceptors (Lipinski definition) is 4. The van der Waals surface area contributed by atoms with Gasteiger partial charge in [-0.2, -0.15) is 0 Å². The Morgan fingerprint density at radius 1 is 1.15 bits per heavy atom. The molecule has 144 valence electrons. The fourth-order valence-corrected chi connectivity index (χ4v) is 4.73. The van der Waals surface area contributed by atoms with Gasteiger partial charge in [0.1, 0.15) is 5.75 Å². The van der Waals surface area contributed by atoms with E-state index in [4.69, 9.17) is 4.74 Å². The Morgan fingerprint density at radius 3 is 2.70 bits per heavy atom. The molecule has 7 heteroatoms. The van der Waals surface area contributed by atoms with Gasteiger partial charge in [-0.1, -0.05) is 30.3 Å².